The topological polar surface area (TPSA) is 70.7 Å². The molecule has 5 heteroatoms. The molecule has 1 aromatic rings. The summed E-state index contributed by atoms with van der Waals surface area (Å²) in [5.41, 5.74) is 6.54. The van der Waals surface area contributed by atoms with Crippen LogP contribution in [0, 0.1) is 0 Å². The summed E-state index contributed by atoms with van der Waals surface area (Å²) in [5.74, 6) is 0.236. The number of aliphatic imine (C=N–C) groups is 1. The summed E-state index contributed by atoms with van der Waals surface area (Å²) in [4.78, 5) is 17.6. The molecule has 3 N–H and O–H groups in total. The summed E-state index contributed by atoms with van der Waals surface area (Å²) in [5, 5.41) is 2.75. The predicted octanol–water partition coefficient (Wildman–Crippen LogP) is 1.28. The first kappa shape index (κ1) is 14.0. The number of amides is 1. The molecule has 0 aliphatic heterocycles. The van der Waals surface area contributed by atoms with Crippen molar-refractivity contribution < 1.29 is 4.79 Å². The van der Waals surface area contributed by atoms with E-state index in [0.29, 0.717) is 5.96 Å². The number of rotatable bonds is 5. The first-order valence-electron chi connectivity index (χ1n) is 6.07. The van der Waals surface area contributed by atoms with E-state index in [2.05, 4.69) is 10.3 Å². The number of anilines is 1. The molecule has 0 heterocycles. The van der Waals surface area contributed by atoms with Crippen molar-refractivity contribution in [2.45, 2.75) is 13.8 Å². The molecule has 0 radical (unpaired) electrons. The molecule has 0 saturated carbocycles. The van der Waals surface area contributed by atoms with Gasteiger partial charge in [-0.15, -0.1) is 0 Å². The van der Waals surface area contributed by atoms with Gasteiger partial charge in [-0.25, -0.2) is 4.99 Å². The van der Waals surface area contributed by atoms with Crippen LogP contribution in [0.2, 0.25) is 0 Å². The third kappa shape index (κ3) is 4.45. The van der Waals surface area contributed by atoms with Gasteiger partial charge in [-0.2, -0.15) is 0 Å². The van der Waals surface area contributed by atoms with Gasteiger partial charge in [0.1, 0.15) is 6.54 Å². The van der Waals surface area contributed by atoms with Gasteiger partial charge in [0.25, 0.3) is 0 Å². The summed E-state index contributed by atoms with van der Waals surface area (Å²) < 4.78 is 0. The van der Waals surface area contributed by atoms with Crippen molar-refractivity contribution in [2.75, 3.05) is 25.0 Å². The molecular formula is C13H20N4O. The maximum Gasteiger partial charge on any atom is 0.246 e. The summed E-state index contributed by atoms with van der Waals surface area (Å²) in [6.45, 7) is 5.60. The Morgan fingerprint density at radius 1 is 1.28 bits per heavy atom. The summed E-state index contributed by atoms with van der Waals surface area (Å²) in [6.07, 6.45) is 0. The molecule has 0 spiro atoms. The van der Waals surface area contributed by atoms with Crippen molar-refractivity contribution >= 4 is 17.6 Å². The Balaban J connectivity index is 2.48. The van der Waals surface area contributed by atoms with Gasteiger partial charge in [0, 0.05) is 18.8 Å². The minimum absolute atomic E-state index is 0.0389. The number of benzene rings is 1. The lowest BCUT2D eigenvalue weighted by atomic mass is 10.3. The lowest BCUT2D eigenvalue weighted by Gasteiger charge is -2.19. The van der Waals surface area contributed by atoms with Gasteiger partial charge in [0.05, 0.1) is 0 Å². The zero-order chi connectivity index (χ0) is 13.4. The molecule has 0 atom stereocenters. The molecule has 1 aromatic carbocycles. The Labute approximate surface area is 108 Å². The standard InChI is InChI=1S/C13H20N4O/c1-3-17(4-2)13(14)15-10-12(18)16-11-8-6-5-7-9-11/h5-9H,3-4,10H2,1-2H3,(H2,14,15)(H,16,18). The van der Waals surface area contributed by atoms with Crippen molar-refractivity contribution in [2.24, 2.45) is 10.7 Å². The van der Waals surface area contributed by atoms with Gasteiger partial charge in [-0.3, -0.25) is 4.79 Å². The largest absolute Gasteiger partial charge is 0.370 e. The molecular weight excluding hydrogens is 228 g/mol. The van der Waals surface area contributed by atoms with Crippen LogP contribution in [0.3, 0.4) is 0 Å². The lowest BCUT2D eigenvalue weighted by Crippen LogP contribution is -2.37. The van der Waals surface area contributed by atoms with Crippen LogP contribution in [0.25, 0.3) is 0 Å². The molecule has 1 rings (SSSR count). The Morgan fingerprint density at radius 3 is 2.44 bits per heavy atom. The predicted molar refractivity (Wildman–Crippen MR) is 74.5 cm³/mol. The minimum Gasteiger partial charge on any atom is -0.370 e. The second-order valence-corrected chi connectivity index (χ2v) is 3.76. The Kier molecular flexibility index (Phi) is 5.70. The van der Waals surface area contributed by atoms with Crippen LogP contribution in [0.1, 0.15) is 13.8 Å². The van der Waals surface area contributed by atoms with E-state index in [1.807, 2.05) is 49.1 Å². The molecule has 0 saturated heterocycles. The maximum absolute atomic E-state index is 11.6. The molecule has 0 aliphatic carbocycles. The number of para-hydroxylation sites is 1. The highest BCUT2D eigenvalue weighted by atomic mass is 16.1. The summed E-state index contributed by atoms with van der Waals surface area (Å²) in [6, 6.07) is 9.28. The minimum atomic E-state index is -0.170. The van der Waals surface area contributed by atoms with Gasteiger partial charge in [0.15, 0.2) is 5.96 Å². The number of nitrogens with one attached hydrogen (secondary N) is 1. The average Bonchev–Trinajstić information content (AvgIpc) is 2.39. The van der Waals surface area contributed by atoms with E-state index >= 15 is 0 Å². The molecule has 18 heavy (non-hydrogen) atoms. The fourth-order valence-electron chi connectivity index (χ4n) is 1.52. The SMILES string of the molecule is CCN(CC)C(N)=NCC(=O)Nc1ccccc1. The van der Waals surface area contributed by atoms with Gasteiger partial charge in [-0.1, -0.05) is 18.2 Å². The lowest BCUT2D eigenvalue weighted by molar-refractivity contribution is -0.114. The van der Waals surface area contributed by atoms with Crippen LogP contribution >= 0.6 is 0 Å². The van der Waals surface area contributed by atoms with Gasteiger partial charge in [-0.05, 0) is 26.0 Å². The van der Waals surface area contributed by atoms with E-state index in [-0.39, 0.29) is 12.5 Å². The second-order valence-electron chi connectivity index (χ2n) is 3.76. The van der Waals surface area contributed by atoms with Crippen LogP contribution < -0.4 is 11.1 Å². The second kappa shape index (κ2) is 7.32. The normalized spacial score (nSPS) is 11.1. The Bertz CT molecular complexity index is 399. The molecule has 0 aromatic heterocycles. The molecule has 1 amide bonds. The summed E-state index contributed by atoms with van der Waals surface area (Å²) in [7, 11) is 0. The number of nitrogens with zero attached hydrogens (tertiary/aromatic N) is 2. The third-order valence-electron chi connectivity index (χ3n) is 2.53. The highest BCUT2D eigenvalue weighted by Crippen LogP contribution is 2.04. The molecule has 0 bridgehead atoms. The van der Waals surface area contributed by atoms with Crippen molar-refractivity contribution in [1.82, 2.24) is 4.90 Å². The fraction of sp³-hybridized carbons (Fsp3) is 0.385. The van der Waals surface area contributed by atoms with Crippen LogP contribution in [0.15, 0.2) is 35.3 Å². The van der Waals surface area contributed by atoms with E-state index in [4.69, 9.17) is 5.73 Å². The van der Waals surface area contributed by atoms with Gasteiger partial charge >= 0.3 is 0 Å². The highest BCUT2D eigenvalue weighted by molar-refractivity contribution is 5.93. The van der Waals surface area contributed by atoms with Crippen LogP contribution in [0.5, 0.6) is 0 Å². The van der Waals surface area contributed by atoms with Crippen molar-refractivity contribution in [3.8, 4) is 0 Å². The van der Waals surface area contributed by atoms with E-state index in [0.717, 1.165) is 18.8 Å². The van der Waals surface area contributed by atoms with E-state index in [1.54, 1.807) is 0 Å². The van der Waals surface area contributed by atoms with E-state index in [9.17, 15) is 4.79 Å². The van der Waals surface area contributed by atoms with Crippen molar-refractivity contribution in [3.05, 3.63) is 30.3 Å². The zero-order valence-corrected chi connectivity index (χ0v) is 10.9. The number of hydrogen-bond donors (Lipinski definition) is 2. The number of carbonyl (C=O) groups excluding carboxylic acids is 1. The first-order chi connectivity index (χ1) is 8.67. The monoisotopic (exact) mass is 248 g/mol. The number of hydrogen-bond acceptors (Lipinski definition) is 2. The zero-order valence-electron chi connectivity index (χ0n) is 10.9. The number of carbonyl (C=O) groups is 1. The molecule has 0 aliphatic rings. The molecule has 0 unspecified atom stereocenters. The molecule has 5 nitrogen and oxygen atoms in total. The van der Waals surface area contributed by atoms with Crippen LogP contribution in [-0.4, -0.2) is 36.4 Å². The summed E-state index contributed by atoms with van der Waals surface area (Å²) >= 11 is 0. The van der Waals surface area contributed by atoms with Crippen molar-refractivity contribution in [1.29, 1.82) is 0 Å². The highest BCUT2D eigenvalue weighted by Gasteiger charge is 2.04. The van der Waals surface area contributed by atoms with Gasteiger partial charge < -0.3 is 16.0 Å². The Morgan fingerprint density at radius 2 is 1.89 bits per heavy atom. The van der Waals surface area contributed by atoms with Gasteiger partial charge in [0.2, 0.25) is 5.91 Å². The van der Waals surface area contributed by atoms with E-state index in [1.165, 1.54) is 0 Å². The van der Waals surface area contributed by atoms with Crippen LogP contribution in [0.4, 0.5) is 5.69 Å². The molecule has 0 fully saturated rings. The third-order valence-corrected chi connectivity index (χ3v) is 2.53. The van der Waals surface area contributed by atoms with Crippen LogP contribution in [-0.2, 0) is 4.79 Å². The quantitative estimate of drug-likeness (QED) is 0.609. The molecule has 98 valence electrons. The maximum atomic E-state index is 11.6. The average molecular weight is 248 g/mol. The number of nitrogens with two attached hydrogens (primary N) is 1. The Hall–Kier alpha value is -2.04. The van der Waals surface area contributed by atoms with Crippen molar-refractivity contribution in [3.63, 3.8) is 0 Å². The fourth-order valence-corrected chi connectivity index (χ4v) is 1.52. The smallest absolute Gasteiger partial charge is 0.246 e. The van der Waals surface area contributed by atoms with E-state index < -0.39 is 0 Å². The number of guanidine groups is 1. The first-order valence-corrected chi connectivity index (χ1v) is 6.07.